The highest BCUT2D eigenvalue weighted by Gasteiger charge is 2.45. The summed E-state index contributed by atoms with van der Waals surface area (Å²) in [5.74, 6) is 3.75. The average Bonchev–Trinajstić information content (AvgIpc) is 3.03. The minimum absolute atomic E-state index is 0.267. The van der Waals surface area contributed by atoms with Crippen molar-refractivity contribution in [1.82, 2.24) is 9.97 Å². The largest absolute Gasteiger partial charge is 0.398 e. The van der Waals surface area contributed by atoms with Crippen molar-refractivity contribution in [3.63, 3.8) is 0 Å². The van der Waals surface area contributed by atoms with Gasteiger partial charge in [0.25, 0.3) is 0 Å². The molecular weight excluding hydrogens is 454 g/mol. The van der Waals surface area contributed by atoms with Gasteiger partial charge in [-0.15, -0.1) is 0 Å². The van der Waals surface area contributed by atoms with Crippen molar-refractivity contribution in [3.05, 3.63) is 45.9 Å². The minimum Gasteiger partial charge on any atom is -0.398 e. The summed E-state index contributed by atoms with van der Waals surface area (Å²) in [5, 5.41) is 10.1. The zero-order valence-electron chi connectivity index (χ0n) is 23.4. The fraction of sp³-hybridized carbons (Fsp3) is 0.656. The molecule has 1 aromatic carbocycles. The fourth-order valence-electron chi connectivity index (χ4n) is 7.32. The SMILES string of the molecule is CCCc1c(CC2CCCC(C)c3ccc(N)c(C#N)c32)nc(CC)nc1N1CC2(CCC(C)CC2)C1. The van der Waals surface area contributed by atoms with E-state index in [1.54, 1.807) is 0 Å². The number of benzene rings is 1. The monoisotopic (exact) mass is 499 g/mol. The van der Waals surface area contributed by atoms with Gasteiger partial charge in [-0.25, -0.2) is 9.97 Å². The fourth-order valence-corrected chi connectivity index (χ4v) is 7.32. The Hall–Kier alpha value is -2.61. The molecule has 2 fully saturated rings. The van der Waals surface area contributed by atoms with Gasteiger partial charge in [-0.3, -0.25) is 0 Å². The Morgan fingerprint density at radius 3 is 2.51 bits per heavy atom. The molecule has 5 rings (SSSR count). The highest BCUT2D eigenvalue weighted by atomic mass is 15.3. The molecule has 0 radical (unpaired) electrons. The molecule has 5 heteroatoms. The Morgan fingerprint density at radius 2 is 1.84 bits per heavy atom. The van der Waals surface area contributed by atoms with E-state index in [1.165, 1.54) is 60.3 Å². The van der Waals surface area contributed by atoms with Crippen LogP contribution in [0.3, 0.4) is 0 Å². The molecular formula is C32H45N5. The second kappa shape index (κ2) is 10.6. The van der Waals surface area contributed by atoms with E-state index in [0.717, 1.165) is 63.4 Å². The van der Waals surface area contributed by atoms with Gasteiger partial charge in [0.1, 0.15) is 17.7 Å². The molecule has 1 spiro atoms. The van der Waals surface area contributed by atoms with Crippen molar-refractivity contribution < 1.29 is 0 Å². The molecule has 1 aliphatic heterocycles. The predicted molar refractivity (Wildman–Crippen MR) is 152 cm³/mol. The molecule has 5 nitrogen and oxygen atoms in total. The van der Waals surface area contributed by atoms with Crippen molar-refractivity contribution in [2.75, 3.05) is 23.7 Å². The molecule has 0 amide bonds. The second-order valence-corrected chi connectivity index (χ2v) is 12.4. The maximum absolute atomic E-state index is 10.1. The first kappa shape index (κ1) is 26.0. The lowest BCUT2D eigenvalue weighted by molar-refractivity contribution is 0.113. The van der Waals surface area contributed by atoms with Crippen molar-refractivity contribution in [1.29, 1.82) is 5.26 Å². The van der Waals surface area contributed by atoms with E-state index in [1.807, 2.05) is 6.07 Å². The quantitative estimate of drug-likeness (QED) is 0.339. The second-order valence-electron chi connectivity index (χ2n) is 12.4. The third-order valence-corrected chi connectivity index (χ3v) is 9.61. The highest BCUT2D eigenvalue weighted by molar-refractivity contribution is 5.62. The summed E-state index contributed by atoms with van der Waals surface area (Å²) in [5.41, 5.74) is 13.2. The zero-order valence-corrected chi connectivity index (χ0v) is 23.4. The number of anilines is 2. The number of nitriles is 1. The summed E-state index contributed by atoms with van der Waals surface area (Å²) in [4.78, 5) is 12.9. The van der Waals surface area contributed by atoms with Gasteiger partial charge in [0.2, 0.25) is 0 Å². The summed E-state index contributed by atoms with van der Waals surface area (Å²) in [7, 11) is 0. The molecule has 3 aliphatic rings. The van der Waals surface area contributed by atoms with Gasteiger partial charge in [0, 0.05) is 36.2 Å². The average molecular weight is 500 g/mol. The van der Waals surface area contributed by atoms with E-state index in [4.69, 9.17) is 15.7 Å². The number of nitrogen functional groups attached to an aromatic ring is 1. The van der Waals surface area contributed by atoms with E-state index >= 15 is 0 Å². The molecule has 37 heavy (non-hydrogen) atoms. The lowest BCUT2D eigenvalue weighted by Gasteiger charge is -2.54. The van der Waals surface area contributed by atoms with Crippen LogP contribution in [0.4, 0.5) is 11.5 Å². The van der Waals surface area contributed by atoms with E-state index in [-0.39, 0.29) is 5.92 Å². The van der Waals surface area contributed by atoms with E-state index in [9.17, 15) is 5.26 Å². The molecule has 2 aromatic rings. The number of nitrogens with two attached hydrogens (primary N) is 1. The van der Waals surface area contributed by atoms with Gasteiger partial charge >= 0.3 is 0 Å². The van der Waals surface area contributed by atoms with Gasteiger partial charge in [-0.1, -0.05) is 59.4 Å². The van der Waals surface area contributed by atoms with E-state index in [2.05, 4.69) is 44.7 Å². The first-order valence-electron chi connectivity index (χ1n) is 14.8. The molecule has 2 unspecified atom stereocenters. The number of rotatable bonds is 6. The Morgan fingerprint density at radius 1 is 1.08 bits per heavy atom. The Kier molecular flexibility index (Phi) is 7.48. The normalized spacial score (nSPS) is 23.3. The maximum atomic E-state index is 10.1. The summed E-state index contributed by atoms with van der Waals surface area (Å²) >= 11 is 0. The van der Waals surface area contributed by atoms with Crippen molar-refractivity contribution in [2.45, 2.75) is 110 Å². The van der Waals surface area contributed by atoms with Crippen LogP contribution in [0.5, 0.6) is 0 Å². The Labute approximate surface area is 223 Å². The molecule has 0 bridgehead atoms. The van der Waals surface area contributed by atoms with Crippen LogP contribution in [0, 0.1) is 22.7 Å². The first-order chi connectivity index (χ1) is 17.9. The van der Waals surface area contributed by atoms with Crippen LogP contribution in [0.2, 0.25) is 0 Å². The molecule has 1 saturated heterocycles. The van der Waals surface area contributed by atoms with Crippen molar-refractivity contribution in [3.8, 4) is 6.07 Å². The van der Waals surface area contributed by atoms with Gasteiger partial charge in [0.15, 0.2) is 0 Å². The van der Waals surface area contributed by atoms with Gasteiger partial charge in [-0.2, -0.15) is 5.26 Å². The molecule has 2 heterocycles. The summed E-state index contributed by atoms with van der Waals surface area (Å²) in [6, 6.07) is 6.58. The topological polar surface area (TPSA) is 78.8 Å². The standard InChI is InChI=1S/C32H45N5/c1-5-8-25-28(17-23-10-7-9-22(4)24-11-12-27(34)26(18-33)30(23)24)35-29(6-2)36-31(25)37-19-32(20-37)15-13-21(3)14-16-32/h11-12,21-23H,5-10,13-17,19-20,34H2,1-4H3. The van der Waals surface area contributed by atoms with Crippen LogP contribution < -0.4 is 10.6 Å². The molecule has 2 aliphatic carbocycles. The molecule has 1 saturated carbocycles. The third kappa shape index (κ3) is 4.97. The number of fused-ring (bicyclic) bond motifs is 1. The van der Waals surface area contributed by atoms with Crippen molar-refractivity contribution in [2.24, 2.45) is 11.3 Å². The Bertz CT molecular complexity index is 1160. The highest BCUT2D eigenvalue weighted by Crippen LogP contribution is 2.48. The first-order valence-corrected chi connectivity index (χ1v) is 14.8. The third-order valence-electron chi connectivity index (χ3n) is 9.61. The van der Waals surface area contributed by atoms with Crippen molar-refractivity contribution >= 4 is 11.5 Å². The Balaban J connectivity index is 1.51. The summed E-state index contributed by atoms with van der Waals surface area (Å²) in [6.45, 7) is 11.4. The van der Waals surface area contributed by atoms with Crippen LogP contribution in [-0.2, 0) is 19.3 Å². The molecule has 2 atom stereocenters. The lowest BCUT2D eigenvalue weighted by Crippen LogP contribution is -2.58. The van der Waals surface area contributed by atoms with Crippen LogP contribution >= 0.6 is 0 Å². The minimum atomic E-state index is 0.267. The van der Waals surface area contributed by atoms with Gasteiger partial charge in [0.05, 0.1) is 11.3 Å². The van der Waals surface area contributed by atoms with Gasteiger partial charge in [-0.05, 0) is 73.5 Å². The number of hydrogen-bond acceptors (Lipinski definition) is 5. The molecule has 198 valence electrons. The summed E-state index contributed by atoms with van der Waals surface area (Å²) < 4.78 is 0. The lowest BCUT2D eigenvalue weighted by atomic mass is 9.66. The number of hydrogen-bond donors (Lipinski definition) is 1. The number of nitrogens with zero attached hydrogens (tertiary/aromatic N) is 4. The molecule has 1 aromatic heterocycles. The van der Waals surface area contributed by atoms with Crippen LogP contribution in [0.25, 0.3) is 0 Å². The summed E-state index contributed by atoms with van der Waals surface area (Å²) in [6.07, 6.45) is 12.7. The zero-order chi connectivity index (χ0) is 26.2. The maximum Gasteiger partial charge on any atom is 0.135 e. The van der Waals surface area contributed by atoms with Gasteiger partial charge < -0.3 is 10.6 Å². The van der Waals surface area contributed by atoms with E-state index < -0.39 is 0 Å². The molecule has 2 N–H and O–H groups in total. The smallest absolute Gasteiger partial charge is 0.135 e. The predicted octanol–water partition coefficient (Wildman–Crippen LogP) is 7.08. The number of aromatic nitrogens is 2. The number of aryl methyl sites for hydroxylation is 1. The van der Waals surface area contributed by atoms with Crippen LogP contribution in [-0.4, -0.2) is 23.1 Å². The van der Waals surface area contributed by atoms with Crippen LogP contribution in [0.1, 0.15) is 125 Å². The van der Waals surface area contributed by atoms with Crippen LogP contribution in [0.15, 0.2) is 12.1 Å². The van der Waals surface area contributed by atoms with E-state index in [0.29, 0.717) is 22.6 Å².